The number of anilines is 1. The molecule has 1 aliphatic heterocycles. The number of carbonyl (C=O) groups is 1. The van der Waals surface area contributed by atoms with Crippen LogP contribution in [0.1, 0.15) is 46.9 Å². The summed E-state index contributed by atoms with van der Waals surface area (Å²) in [6.07, 6.45) is 3.94. The molecule has 0 bridgehead atoms. The summed E-state index contributed by atoms with van der Waals surface area (Å²) in [6.45, 7) is 9.59. The Kier molecular flexibility index (Phi) is 6.29. The van der Waals surface area contributed by atoms with Crippen LogP contribution in [-0.4, -0.2) is 39.9 Å². The van der Waals surface area contributed by atoms with Crippen molar-refractivity contribution in [1.29, 1.82) is 0 Å². The van der Waals surface area contributed by atoms with Crippen molar-refractivity contribution < 1.29 is 9.21 Å². The molecule has 1 unspecified atom stereocenters. The van der Waals surface area contributed by atoms with Gasteiger partial charge < -0.3 is 14.6 Å². The lowest BCUT2D eigenvalue weighted by Crippen LogP contribution is -2.51. The molecule has 0 saturated carbocycles. The van der Waals surface area contributed by atoms with Crippen LogP contribution in [0.2, 0.25) is 0 Å². The predicted molar refractivity (Wildman–Crippen MR) is 140 cm³/mol. The van der Waals surface area contributed by atoms with Crippen molar-refractivity contribution >= 4 is 23.0 Å². The van der Waals surface area contributed by atoms with Gasteiger partial charge in [0.25, 0.3) is 11.9 Å². The van der Waals surface area contributed by atoms with Gasteiger partial charge in [0.1, 0.15) is 5.52 Å². The fraction of sp³-hybridized carbons (Fsp3) is 0.345. The lowest BCUT2D eigenvalue weighted by atomic mass is 9.89. The highest BCUT2D eigenvalue weighted by Crippen LogP contribution is 2.30. The van der Waals surface area contributed by atoms with Crippen molar-refractivity contribution in [3.05, 3.63) is 77.1 Å². The first-order valence-electron chi connectivity index (χ1n) is 12.3. The topological polar surface area (TPSA) is 71.3 Å². The van der Waals surface area contributed by atoms with E-state index in [0.29, 0.717) is 18.5 Å². The van der Waals surface area contributed by atoms with Gasteiger partial charge >= 0.3 is 0 Å². The monoisotopic (exact) mass is 468 g/mol. The van der Waals surface area contributed by atoms with Crippen LogP contribution in [0.5, 0.6) is 0 Å². The first-order chi connectivity index (χ1) is 16.9. The Bertz CT molecular complexity index is 1360. The standard InChI is InChI=1S/C29H32N4O2/c1-18-7-11-23(22-10-9-21(4)30-16-22)24(14-18)28(34)33-13-5-6-20(3)26(33)17-31-29-32-25-15-19(2)8-12-27(25)35-29/h7-12,14-16,20,26H,5-6,13,17H2,1-4H3,(H,31,32)/t20-,26?/m1/s1. The zero-order valence-corrected chi connectivity index (χ0v) is 20.8. The second-order valence-electron chi connectivity index (χ2n) is 9.79. The van der Waals surface area contributed by atoms with E-state index in [-0.39, 0.29) is 11.9 Å². The molecule has 0 aliphatic carbocycles. The molecule has 2 aromatic heterocycles. The SMILES string of the molecule is Cc1ccc(-c2ccc(C)nc2)c(C(=O)N2CCC[C@@H](C)C2CNc2nc3cc(C)ccc3o2)c1. The maximum Gasteiger partial charge on any atom is 0.295 e. The van der Waals surface area contributed by atoms with Gasteiger partial charge in [0.05, 0.1) is 6.04 Å². The van der Waals surface area contributed by atoms with Gasteiger partial charge in [-0.2, -0.15) is 4.98 Å². The summed E-state index contributed by atoms with van der Waals surface area (Å²) in [5, 5.41) is 3.37. The number of aromatic nitrogens is 2. The minimum Gasteiger partial charge on any atom is -0.424 e. The third-order valence-corrected chi connectivity index (χ3v) is 7.01. The molecule has 1 fully saturated rings. The van der Waals surface area contributed by atoms with E-state index in [9.17, 15) is 4.79 Å². The number of rotatable bonds is 5. The first kappa shape index (κ1) is 23.1. The van der Waals surface area contributed by atoms with Crippen LogP contribution in [-0.2, 0) is 0 Å². The van der Waals surface area contributed by atoms with Gasteiger partial charge in [0.2, 0.25) is 0 Å². The van der Waals surface area contributed by atoms with E-state index in [1.54, 1.807) is 0 Å². The minimum atomic E-state index is 0.0394. The van der Waals surface area contributed by atoms with Crippen LogP contribution in [0.4, 0.5) is 6.01 Å². The first-order valence-corrected chi connectivity index (χ1v) is 12.3. The van der Waals surface area contributed by atoms with Crippen LogP contribution in [0, 0.1) is 26.7 Å². The summed E-state index contributed by atoms with van der Waals surface area (Å²) in [4.78, 5) is 25.1. The van der Waals surface area contributed by atoms with Crippen molar-refractivity contribution in [2.75, 3.05) is 18.4 Å². The normalized spacial score (nSPS) is 18.1. The lowest BCUT2D eigenvalue weighted by molar-refractivity contribution is 0.0540. The molecule has 2 aromatic carbocycles. The maximum absolute atomic E-state index is 14.0. The van der Waals surface area contributed by atoms with E-state index in [1.807, 2.05) is 74.3 Å². The molecule has 1 saturated heterocycles. The smallest absolute Gasteiger partial charge is 0.295 e. The number of piperidine rings is 1. The number of oxazole rings is 1. The van der Waals surface area contributed by atoms with Crippen molar-refractivity contribution in [1.82, 2.24) is 14.9 Å². The number of amides is 1. The molecule has 1 amide bonds. The summed E-state index contributed by atoms with van der Waals surface area (Å²) >= 11 is 0. The molecule has 6 nitrogen and oxygen atoms in total. The van der Waals surface area contributed by atoms with Crippen LogP contribution >= 0.6 is 0 Å². The highest BCUT2D eigenvalue weighted by molar-refractivity contribution is 6.01. The van der Waals surface area contributed by atoms with Gasteiger partial charge in [-0.05, 0) is 74.9 Å². The molecule has 2 atom stereocenters. The van der Waals surface area contributed by atoms with Gasteiger partial charge in [-0.3, -0.25) is 9.78 Å². The Morgan fingerprint density at radius 1 is 1.09 bits per heavy atom. The van der Waals surface area contributed by atoms with Crippen LogP contribution in [0.25, 0.3) is 22.2 Å². The summed E-state index contributed by atoms with van der Waals surface area (Å²) in [7, 11) is 0. The Hall–Kier alpha value is -3.67. The number of pyridine rings is 1. The summed E-state index contributed by atoms with van der Waals surface area (Å²) in [6, 6.07) is 16.6. The fourth-order valence-electron chi connectivity index (χ4n) is 4.99. The summed E-state index contributed by atoms with van der Waals surface area (Å²) in [5.74, 6) is 0.428. The van der Waals surface area contributed by atoms with E-state index in [1.165, 1.54) is 0 Å². The molecule has 1 N–H and O–H groups in total. The zero-order chi connectivity index (χ0) is 24.5. The average Bonchev–Trinajstić information content (AvgIpc) is 3.25. The van der Waals surface area contributed by atoms with E-state index >= 15 is 0 Å². The van der Waals surface area contributed by atoms with E-state index in [2.05, 4.69) is 28.3 Å². The van der Waals surface area contributed by atoms with Crippen molar-refractivity contribution in [2.45, 2.75) is 46.6 Å². The van der Waals surface area contributed by atoms with Gasteiger partial charge in [0.15, 0.2) is 5.58 Å². The molecule has 4 aromatic rings. The average molecular weight is 469 g/mol. The fourth-order valence-corrected chi connectivity index (χ4v) is 4.99. The Balaban J connectivity index is 1.42. The molecular weight excluding hydrogens is 436 g/mol. The number of benzene rings is 2. The summed E-state index contributed by atoms with van der Waals surface area (Å²) < 4.78 is 5.90. The van der Waals surface area contributed by atoms with Crippen molar-refractivity contribution in [3.63, 3.8) is 0 Å². The summed E-state index contributed by atoms with van der Waals surface area (Å²) in [5.41, 5.74) is 7.39. The second kappa shape index (κ2) is 9.53. The number of fused-ring (bicyclic) bond motifs is 1. The molecule has 1 aliphatic rings. The van der Waals surface area contributed by atoms with E-state index in [0.717, 1.165) is 64.0 Å². The zero-order valence-electron chi connectivity index (χ0n) is 20.8. The Morgan fingerprint density at radius 2 is 1.89 bits per heavy atom. The van der Waals surface area contributed by atoms with E-state index < -0.39 is 0 Å². The van der Waals surface area contributed by atoms with Gasteiger partial charge in [-0.25, -0.2) is 0 Å². The molecule has 5 rings (SSSR count). The maximum atomic E-state index is 14.0. The highest BCUT2D eigenvalue weighted by atomic mass is 16.4. The largest absolute Gasteiger partial charge is 0.424 e. The van der Waals surface area contributed by atoms with Crippen LogP contribution in [0.3, 0.4) is 0 Å². The number of hydrogen-bond acceptors (Lipinski definition) is 5. The number of nitrogens with zero attached hydrogens (tertiary/aromatic N) is 3. The number of nitrogens with one attached hydrogen (secondary N) is 1. The number of carbonyl (C=O) groups excluding carboxylic acids is 1. The predicted octanol–water partition coefficient (Wildman–Crippen LogP) is 6.17. The lowest BCUT2D eigenvalue weighted by Gasteiger charge is -2.40. The molecule has 3 heterocycles. The quantitative estimate of drug-likeness (QED) is 0.379. The Labute approximate surface area is 206 Å². The number of aryl methyl sites for hydroxylation is 3. The number of hydrogen-bond donors (Lipinski definition) is 1. The molecule has 180 valence electrons. The van der Waals surface area contributed by atoms with Crippen LogP contribution in [0.15, 0.2) is 59.1 Å². The second-order valence-corrected chi connectivity index (χ2v) is 9.79. The molecule has 0 spiro atoms. The molecular formula is C29H32N4O2. The molecule has 6 heteroatoms. The third kappa shape index (κ3) is 4.78. The van der Waals surface area contributed by atoms with E-state index in [4.69, 9.17) is 4.42 Å². The van der Waals surface area contributed by atoms with Crippen molar-refractivity contribution in [3.8, 4) is 11.1 Å². The molecule has 0 radical (unpaired) electrons. The highest BCUT2D eigenvalue weighted by Gasteiger charge is 2.33. The third-order valence-electron chi connectivity index (χ3n) is 7.01. The van der Waals surface area contributed by atoms with Gasteiger partial charge in [0, 0.05) is 36.1 Å². The van der Waals surface area contributed by atoms with Crippen molar-refractivity contribution in [2.24, 2.45) is 5.92 Å². The Morgan fingerprint density at radius 3 is 2.69 bits per heavy atom. The number of likely N-dealkylation sites (tertiary alicyclic amines) is 1. The van der Waals surface area contributed by atoms with Gasteiger partial charge in [-0.15, -0.1) is 0 Å². The van der Waals surface area contributed by atoms with Gasteiger partial charge in [-0.1, -0.05) is 36.8 Å². The molecule has 35 heavy (non-hydrogen) atoms. The van der Waals surface area contributed by atoms with Crippen LogP contribution < -0.4 is 5.32 Å². The minimum absolute atomic E-state index is 0.0394.